The van der Waals surface area contributed by atoms with E-state index in [1.807, 2.05) is 0 Å². The number of benzene rings is 2. The van der Waals surface area contributed by atoms with Gasteiger partial charge in [0.05, 0.1) is 17.6 Å². The Morgan fingerprint density at radius 2 is 1.59 bits per heavy atom. The summed E-state index contributed by atoms with van der Waals surface area (Å²) in [6.45, 7) is 5.35. The van der Waals surface area contributed by atoms with E-state index in [1.165, 1.54) is 19.2 Å². The molecule has 7 nitrogen and oxygen atoms in total. The minimum Gasteiger partial charge on any atom is -0.465 e. The van der Waals surface area contributed by atoms with Crippen molar-refractivity contribution in [1.82, 2.24) is 4.72 Å². The van der Waals surface area contributed by atoms with Crippen LogP contribution in [0.3, 0.4) is 0 Å². The number of unbranched alkanes of at least 4 members (excludes halogenated alkanes) is 4. The normalized spacial score (nSPS) is 11.2. The second-order valence-electron chi connectivity index (χ2n) is 7.51. The third-order valence-corrected chi connectivity index (χ3v) is 6.37. The highest BCUT2D eigenvalue weighted by molar-refractivity contribution is 7.89. The number of hydrogen-bond acceptors (Lipinski definition) is 6. The third kappa shape index (κ3) is 7.84. The fourth-order valence-electron chi connectivity index (χ4n) is 3.12. The molecule has 0 fully saturated rings. The number of methoxy groups -OCH3 is 1. The van der Waals surface area contributed by atoms with Gasteiger partial charge in [-0.3, -0.25) is 0 Å². The van der Waals surface area contributed by atoms with Crippen LogP contribution < -0.4 is 14.8 Å². The Hall–Kier alpha value is -2.58. The summed E-state index contributed by atoms with van der Waals surface area (Å²) < 4.78 is 38.5. The molecule has 2 N–H and O–H groups in total. The number of carbonyl (C=O) groups is 1. The van der Waals surface area contributed by atoms with Gasteiger partial charge in [0, 0.05) is 24.8 Å². The number of nitrogens with one attached hydrogen (secondary N) is 2. The lowest BCUT2D eigenvalue weighted by atomic mass is 10.1. The van der Waals surface area contributed by atoms with Crippen LogP contribution in [0.4, 0.5) is 5.69 Å². The van der Waals surface area contributed by atoms with Crippen LogP contribution in [0.25, 0.3) is 0 Å². The molecule has 32 heavy (non-hydrogen) atoms. The number of carbonyl (C=O) groups excluding carboxylic acids is 1. The molecule has 8 heteroatoms. The molecule has 2 aromatic rings. The third-order valence-electron chi connectivity index (χ3n) is 4.92. The molecule has 0 amide bonds. The predicted octanol–water partition coefficient (Wildman–Crippen LogP) is 5.34. The van der Waals surface area contributed by atoms with Crippen LogP contribution in [0.15, 0.2) is 47.4 Å². The van der Waals surface area contributed by atoms with E-state index in [0.29, 0.717) is 29.3 Å². The van der Waals surface area contributed by atoms with Crippen LogP contribution in [0.5, 0.6) is 11.5 Å². The Morgan fingerprint density at radius 1 is 0.906 bits per heavy atom. The average Bonchev–Trinajstić information content (AvgIpc) is 2.80. The van der Waals surface area contributed by atoms with Crippen molar-refractivity contribution in [2.45, 2.75) is 57.3 Å². The molecule has 0 saturated heterocycles. The zero-order valence-electron chi connectivity index (χ0n) is 19.1. The summed E-state index contributed by atoms with van der Waals surface area (Å²) in [5, 5.41) is 3.27. The molecule has 2 aromatic carbocycles. The van der Waals surface area contributed by atoms with Crippen LogP contribution in [0.1, 0.15) is 62.7 Å². The van der Waals surface area contributed by atoms with E-state index in [9.17, 15) is 13.2 Å². The largest absolute Gasteiger partial charge is 0.465 e. The molecular weight excluding hydrogens is 428 g/mol. The molecular formula is C24H34N2O5S. The van der Waals surface area contributed by atoms with Crippen LogP contribution in [0.2, 0.25) is 0 Å². The van der Waals surface area contributed by atoms with E-state index in [2.05, 4.69) is 23.9 Å². The highest BCUT2D eigenvalue weighted by atomic mass is 32.2. The van der Waals surface area contributed by atoms with Gasteiger partial charge in [0.25, 0.3) is 0 Å². The zero-order chi connectivity index (χ0) is 23.4. The van der Waals surface area contributed by atoms with Crippen molar-refractivity contribution in [1.29, 1.82) is 0 Å². The van der Waals surface area contributed by atoms with Crippen molar-refractivity contribution in [3.05, 3.63) is 48.0 Å². The van der Waals surface area contributed by atoms with Gasteiger partial charge in [-0.25, -0.2) is 17.9 Å². The summed E-state index contributed by atoms with van der Waals surface area (Å²) in [5.41, 5.74) is 1.04. The maximum atomic E-state index is 12.5. The summed E-state index contributed by atoms with van der Waals surface area (Å²) in [7, 11) is -2.29. The summed E-state index contributed by atoms with van der Waals surface area (Å²) >= 11 is 0. The van der Waals surface area contributed by atoms with Crippen molar-refractivity contribution in [2.75, 3.05) is 25.5 Å². The molecule has 0 spiro atoms. The first-order valence-electron chi connectivity index (χ1n) is 11.1. The second kappa shape index (κ2) is 13.1. The Morgan fingerprint density at radius 3 is 2.28 bits per heavy atom. The Balaban J connectivity index is 2.16. The topological polar surface area (TPSA) is 93.7 Å². The number of rotatable bonds is 14. The van der Waals surface area contributed by atoms with Crippen molar-refractivity contribution < 1.29 is 22.7 Å². The first kappa shape index (κ1) is 25.7. The molecule has 2 rings (SSSR count). The number of hydrogen-bond donors (Lipinski definition) is 2. The summed E-state index contributed by atoms with van der Waals surface area (Å²) in [4.78, 5) is 12.4. The lowest BCUT2D eigenvalue weighted by molar-refractivity contribution is 0.0601. The molecule has 0 radical (unpaired) electrons. The SMILES string of the molecule is CCCCCNc1ccc(Oc2cccc(S(=O)(=O)NCCCCC)c2)cc1C(=O)OC. The summed E-state index contributed by atoms with van der Waals surface area (Å²) in [5.74, 6) is 0.303. The van der Waals surface area contributed by atoms with Gasteiger partial charge >= 0.3 is 5.97 Å². The minimum absolute atomic E-state index is 0.133. The Bertz CT molecular complexity index is 976. The molecule has 0 aliphatic carbocycles. The highest BCUT2D eigenvalue weighted by Crippen LogP contribution is 2.28. The van der Waals surface area contributed by atoms with Gasteiger partial charge in [-0.2, -0.15) is 0 Å². The Kier molecular flexibility index (Phi) is 10.5. The second-order valence-corrected chi connectivity index (χ2v) is 9.28. The minimum atomic E-state index is -3.62. The van der Waals surface area contributed by atoms with E-state index in [-0.39, 0.29) is 4.90 Å². The standard InChI is InChI=1S/C24H34N2O5S/c1-4-6-8-15-25-23-14-13-20(18-22(23)24(27)30-3)31-19-11-10-12-21(17-19)32(28,29)26-16-9-7-5-2/h10-14,17-18,25-26H,4-9,15-16H2,1-3H3. The monoisotopic (exact) mass is 462 g/mol. The molecule has 0 unspecified atom stereocenters. The molecule has 0 heterocycles. The molecule has 0 aliphatic heterocycles. The lowest BCUT2D eigenvalue weighted by Gasteiger charge is -2.14. The zero-order valence-corrected chi connectivity index (χ0v) is 20.0. The molecule has 0 aliphatic rings. The average molecular weight is 463 g/mol. The summed E-state index contributed by atoms with van der Waals surface area (Å²) in [6.07, 6.45) is 6.00. The quantitative estimate of drug-likeness (QED) is 0.291. The van der Waals surface area contributed by atoms with Gasteiger partial charge in [-0.1, -0.05) is 45.6 Å². The highest BCUT2D eigenvalue weighted by Gasteiger charge is 2.16. The van der Waals surface area contributed by atoms with Gasteiger partial charge in [-0.15, -0.1) is 0 Å². The fourth-order valence-corrected chi connectivity index (χ4v) is 4.23. The molecule has 176 valence electrons. The van der Waals surface area contributed by atoms with Crippen LogP contribution in [-0.4, -0.2) is 34.6 Å². The van der Waals surface area contributed by atoms with Crippen LogP contribution in [0, 0.1) is 0 Å². The van der Waals surface area contributed by atoms with Crippen LogP contribution >= 0.6 is 0 Å². The number of ether oxygens (including phenoxy) is 2. The van der Waals surface area contributed by atoms with Crippen molar-refractivity contribution in [2.24, 2.45) is 0 Å². The van der Waals surface area contributed by atoms with E-state index in [4.69, 9.17) is 9.47 Å². The van der Waals surface area contributed by atoms with Gasteiger partial charge in [0.15, 0.2) is 0 Å². The lowest BCUT2D eigenvalue weighted by Crippen LogP contribution is -2.24. The van der Waals surface area contributed by atoms with E-state index < -0.39 is 16.0 Å². The van der Waals surface area contributed by atoms with Crippen molar-refractivity contribution >= 4 is 21.7 Å². The van der Waals surface area contributed by atoms with Gasteiger partial charge < -0.3 is 14.8 Å². The first-order valence-corrected chi connectivity index (χ1v) is 12.6. The van der Waals surface area contributed by atoms with E-state index >= 15 is 0 Å². The van der Waals surface area contributed by atoms with E-state index in [1.54, 1.807) is 30.3 Å². The summed E-state index contributed by atoms with van der Waals surface area (Å²) in [6, 6.07) is 11.4. The maximum Gasteiger partial charge on any atom is 0.340 e. The van der Waals surface area contributed by atoms with Crippen molar-refractivity contribution in [3.8, 4) is 11.5 Å². The van der Waals surface area contributed by atoms with Crippen molar-refractivity contribution in [3.63, 3.8) is 0 Å². The van der Waals surface area contributed by atoms with Gasteiger partial charge in [0.1, 0.15) is 11.5 Å². The Labute approximate surface area is 191 Å². The number of esters is 1. The van der Waals surface area contributed by atoms with Crippen LogP contribution in [-0.2, 0) is 14.8 Å². The predicted molar refractivity (Wildman–Crippen MR) is 127 cm³/mol. The molecule has 0 atom stereocenters. The molecule has 0 saturated carbocycles. The molecule has 0 bridgehead atoms. The van der Waals surface area contributed by atoms with Gasteiger partial charge in [-0.05, 0) is 43.2 Å². The number of sulfonamides is 1. The number of anilines is 1. The smallest absolute Gasteiger partial charge is 0.340 e. The van der Waals surface area contributed by atoms with Gasteiger partial charge in [0.2, 0.25) is 10.0 Å². The fraction of sp³-hybridized carbons (Fsp3) is 0.458. The molecule has 0 aromatic heterocycles. The maximum absolute atomic E-state index is 12.5. The first-order chi connectivity index (χ1) is 15.4. The van der Waals surface area contributed by atoms with E-state index in [0.717, 1.165) is 45.1 Å².